The summed E-state index contributed by atoms with van der Waals surface area (Å²) >= 11 is 0. The van der Waals surface area contributed by atoms with Crippen molar-refractivity contribution in [3.63, 3.8) is 0 Å². The molecule has 4 aromatic carbocycles. The predicted octanol–water partition coefficient (Wildman–Crippen LogP) is 6.15. The van der Waals surface area contributed by atoms with Crippen molar-refractivity contribution >= 4 is 29.1 Å². The molecule has 5 nitrogen and oxygen atoms in total. The van der Waals surface area contributed by atoms with Crippen LogP contribution in [0.25, 0.3) is 6.08 Å². The molecule has 196 valence electrons. The summed E-state index contributed by atoms with van der Waals surface area (Å²) in [5.74, 6) is -2.20. The third kappa shape index (κ3) is 3.10. The molecule has 0 saturated carbocycles. The topological polar surface area (TPSA) is 63.7 Å². The summed E-state index contributed by atoms with van der Waals surface area (Å²) in [7, 11) is 1.54. The van der Waals surface area contributed by atoms with Gasteiger partial charge in [-0.15, -0.1) is 0 Å². The number of methoxy groups -OCH3 is 1. The van der Waals surface area contributed by atoms with E-state index in [1.807, 2.05) is 47.4 Å². The van der Waals surface area contributed by atoms with Crippen molar-refractivity contribution in [3.05, 3.63) is 137 Å². The molecule has 0 amide bonds. The van der Waals surface area contributed by atoms with Gasteiger partial charge >= 0.3 is 0 Å². The van der Waals surface area contributed by atoms with Crippen LogP contribution in [-0.2, 0) is 0 Å². The maximum Gasteiger partial charge on any atom is 0.188 e. The number of ether oxygens (including phenoxy) is 1. The molecular formula is C34H24FNO4. The Hall–Kier alpha value is -4.84. The van der Waals surface area contributed by atoms with E-state index in [1.54, 1.807) is 48.5 Å². The number of carbonyl (C=O) groups excluding carboxylic acids is 3. The van der Waals surface area contributed by atoms with Gasteiger partial charge in [-0.25, -0.2) is 4.39 Å². The average Bonchev–Trinajstić information content (AvgIpc) is 3.43. The Morgan fingerprint density at radius 2 is 1.52 bits per heavy atom. The second kappa shape index (κ2) is 8.85. The number of anilines is 1. The number of hydrogen-bond donors (Lipinski definition) is 0. The summed E-state index contributed by atoms with van der Waals surface area (Å²) in [6.45, 7) is 0. The quantitative estimate of drug-likeness (QED) is 0.234. The number of ketones is 3. The molecule has 40 heavy (non-hydrogen) atoms. The Morgan fingerprint density at radius 1 is 0.850 bits per heavy atom. The molecule has 0 aromatic heterocycles. The molecule has 6 heteroatoms. The van der Waals surface area contributed by atoms with E-state index in [9.17, 15) is 14.4 Å². The molecule has 1 fully saturated rings. The van der Waals surface area contributed by atoms with E-state index in [2.05, 4.69) is 0 Å². The second-order valence-electron chi connectivity index (χ2n) is 10.4. The van der Waals surface area contributed by atoms with Gasteiger partial charge in [0.1, 0.15) is 23.0 Å². The van der Waals surface area contributed by atoms with Gasteiger partial charge in [-0.2, -0.15) is 0 Å². The minimum absolute atomic E-state index is 0.0846. The van der Waals surface area contributed by atoms with Crippen LogP contribution in [0.4, 0.5) is 10.1 Å². The van der Waals surface area contributed by atoms with Crippen LogP contribution in [-0.4, -0.2) is 36.5 Å². The van der Waals surface area contributed by atoms with Gasteiger partial charge < -0.3 is 9.64 Å². The van der Waals surface area contributed by atoms with Gasteiger partial charge in [0, 0.05) is 22.7 Å². The largest absolute Gasteiger partial charge is 0.497 e. The summed E-state index contributed by atoms with van der Waals surface area (Å²) in [6, 6.07) is 25.5. The normalized spacial score (nSPS) is 21.8. The van der Waals surface area contributed by atoms with Crippen LogP contribution in [0.2, 0.25) is 0 Å². The molecule has 0 bridgehead atoms. The summed E-state index contributed by atoms with van der Waals surface area (Å²) in [4.78, 5) is 45.6. The third-order valence-corrected chi connectivity index (χ3v) is 8.57. The molecule has 3 aliphatic rings. The highest BCUT2D eigenvalue weighted by molar-refractivity contribution is 6.32. The number of Topliss-reactive ketones (excluding diaryl/α,β-unsaturated/α-hetero) is 3. The first-order chi connectivity index (χ1) is 19.5. The van der Waals surface area contributed by atoms with Crippen molar-refractivity contribution in [3.8, 4) is 5.75 Å². The Kier molecular flexibility index (Phi) is 5.36. The number of para-hydroxylation sites is 1. The third-order valence-electron chi connectivity index (χ3n) is 8.57. The number of fused-ring (bicyclic) bond motifs is 5. The number of benzene rings is 4. The monoisotopic (exact) mass is 529 g/mol. The highest BCUT2D eigenvalue weighted by Crippen LogP contribution is 2.61. The Balaban J connectivity index is 1.57. The molecule has 1 saturated heterocycles. The number of carbonyl (C=O) groups is 3. The fraction of sp³-hybridized carbons (Fsp3) is 0.147. The van der Waals surface area contributed by atoms with Crippen molar-refractivity contribution < 1.29 is 23.5 Å². The molecule has 0 N–H and O–H groups in total. The Labute approximate surface area is 230 Å². The molecular weight excluding hydrogens is 505 g/mol. The molecule has 0 unspecified atom stereocenters. The van der Waals surface area contributed by atoms with Crippen LogP contribution in [0.5, 0.6) is 5.75 Å². The van der Waals surface area contributed by atoms with Gasteiger partial charge in [0.25, 0.3) is 0 Å². The Bertz CT molecular complexity index is 1720. The zero-order valence-electron chi connectivity index (χ0n) is 21.6. The summed E-state index contributed by atoms with van der Waals surface area (Å²) in [5, 5.41) is 0. The van der Waals surface area contributed by atoms with E-state index in [-0.39, 0.29) is 17.1 Å². The first-order valence-electron chi connectivity index (χ1n) is 13.2. The fourth-order valence-corrected chi connectivity index (χ4v) is 6.95. The number of rotatable bonds is 4. The molecule has 2 heterocycles. The number of nitrogens with zero attached hydrogens (tertiary/aromatic N) is 1. The van der Waals surface area contributed by atoms with Crippen molar-refractivity contribution in [2.45, 2.75) is 18.0 Å². The zero-order chi connectivity index (χ0) is 27.6. The maximum atomic E-state index is 15.2. The van der Waals surface area contributed by atoms with Crippen molar-refractivity contribution in [2.75, 3.05) is 12.0 Å². The minimum atomic E-state index is -1.65. The average molecular weight is 530 g/mol. The fourth-order valence-electron chi connectivity index (χ4n) is 6.95. The van der Waals surface area contributed by atoms with Crippen molar-refractivity contribution in [1.82, 2.24) is 0 Å². The molecule has 4 aromatic rings. The molecule has 2 aliphatic heterocycles. The Morgan fingerprint density at radius 3 is 2.25 bits per heavy atom. The van der Waals surface area contributed by atoms with Gasteiger partial charge in [-0.05, 0) is 41.5 Å². The SMILES string of the molecule is COc1cccc([C@@H]2[C@H](C(=O)c3ccccc3F)N3c4ccccc4C=C[C@H]3C23C(=O)c2ccccc2C3=O)c1. The van der Waals surface area contributed by atoms with Crippen LogP contribution in [0, 0.1) is 11.2 Å². The molecule has 0 radical (unpaired) electrons. The van der Waals surface area contributed by atoms with Crippen molar-refractivity contribution in [1.29, 1.82) is 0 Å². The number of hydrogen-bond acceptors (Lipinski definition) is 5. The first-order valence-corrected chi connectivity index (χ1v) is 13.2. The predicted molar refractivity (Wildman–Crippen MR) is 150 cm³/mol. The highest BCUT2D eigenvalue weighted by Gasteiger charge is 2.71. The van der Waals surface area contributed by atoms with E-state index in [1.165, 1.54) is 25.3 Å². The maximum absolute atomic E-state index is 15.2. The zero-order valence-corrected chi connectivity index (χ0v) is 21.6. The lowest BCUT2D eigenvalue weighted by Gasteiger charge is -2.37. The number of halogens is 1. The van der Waals surface area contributed by atoms with Gasteiger partial charge in [0.05, 0.1) is 18.7 Å². The summed E-state index contributed by atoms with van der Waals surface area (Å²) < 4.78 is 20.7. The van der Waals surface area contributed by atoms with Crippen LogP contribution in [0.15, 0.2) is 103 Å². The molecule has 3 atom stereocenters. The van der Waals surface area contributed by atoms with Crippen LogP contribution < -0.4 is 9.64 Å². The van der Waals surface area contributed by atoms with Crippen LogP contribution >= 0.6 is 0 Å². The molecule has 1 spiro atoms. The van der Waals surface area contributed by atoms with Gasteiger partial charge in [0.2, 0.25) is 0 Å². The summed E-state index contributed by atoms with van der Waals surface area (Å²) in [5.41, 5.74) is 1.11. The van der Waals surface area contributed by atoms with Gasteiger partial charge in [-0.3, -0.25) is 14.4 Å². The van der Waals surface area contributed by atoms with E-state index in [4.69, 9.17) is 4.74 Å². The van der Waals surface area contributed by atoms with Gasteiger partial charge in [-0.1, -0.05) is 78.9 Å². The standard InChI is InChI=1S/C34H24FNO4/c1-40-22-11-8-10-21(19-22)29-30(31(37)25-14-5-6-15-26(25)35)36-27-16-7-2-9-20(27)17-18-28(36)34(29)32(38)23-12-3-4-13-24(23)33(34)39/h2-19,28-30H,1H3/t28-,29+,30+/m0/s1. The molecule has 7 rings (SSSR count). The summed E-state index contributed by atoms with van der Waals surface area (Å²) in [6.07, 6.45) is 3.76. The lowest BCUT2D eigenvalue weighted by atomic mass is 9.64. The smallest absolute Gasteiger partial charge is 0.188 e. The van der Waals surface area contributed by atoms with E-state index < -0.39 is 35.0 Å². The first kappa shape index (κ1) is 24.2. The highest BCUT2D eigenvalue weighted by atomic mass is 19.1. The van der Waals surface area contributed by atoms with E-state index >= 15 is 4.39 Å². The van der Waals surface area contributed by atoms with Crippen LogP contribution in [0.1, 0.15) is 48.1 Å². The second-order valence-corrected chi connectivity index (χ2v) is 10.4. The minimum Gasteiger partial charge on any atom is -0.497 e. The van der Waals surface area contributed by atoms with E-state index in [0.717, 1.165) is 5.56 Å². The lowest BCUT2D eigenvalue weighted by molar-refractivity contribution is 0.0665. The lowest BCUT2D eigenvalue weighted by Crippen LogP contribution is -2.48. The van der Waals surface area contributed by atoms with E-state index in [0.29, 0.717) is 28.1 Å². The van der Waals surface area contributed by atoms with Crippen LogP contribution in [0.3, 0.4) is 0 Å². The van der Waals surface area contributed by atoms with Gasteiger partial charge in [0.15, 0.2) is 17.3 Å². The van der Waals surface area contributed by atoms with Crippen molar-refractivity contribution in [2.24, 2.45) is 5.41 Å². The molecule has 1 aliphatic carbocycles.